The van der Waals surface area contributed by atoms with Crippen LogP contribution >= 0.6 is 0 Å². The van der Waals surface area contributed by atoms with Crippen LogP contribution in [0.4, 0.5) is 0 Å². The van der Waals surface area contributed by atoms with Gasteiger partial charge in [-0.15, -0.1) is 5.92 Å². The SMILES string of the molecule is CC#Cc1cccc2cc(C(C)N)n(-c3ccccc3)c(=O)c12. The van der Waals surface area contributed by atoms with Crippen molar-refractivity contribution in [1.29, 1.82) is 0 Å². The van der Waals surface area contributed by atoms with Crippen molar-refractivity contribution in [2.24, 2.45) is 5.73 Å². The van der Waals surface area contributed by atoms with E-state index in [4.69, 9.17) is 5.73 Å². The standard InChI is InChI=1S/C20H18N2O/c1-3-8-15-9-7-10-16-13-18(14(2)21)22(20(23)19(15)16)17-11-5-4-6-12-17/h4-7,9-14H,21H2,1-2H3. The smallest absolute Gasteiger partial charge is 0.264 e. The van der Waals surface area contributed by atoms with E-state index in [0.29, 0.717) is 5.39 Å². The maximum absolute atomic E-state index is 13.2. The molecule has 3 nitrogen and oxygen atoms in total. The normalized spacial score (nSPS) is 11.8. The average molecular weight is 302 g/mol. The minimum atomic E-state index is -0.256. The van der Waals surface area contributed by atoms with Crippen LogP contribution in [-0.2, 0) is 0 Å². The Morgan fingerprint density at radius 2 is 1.83 bits per heavy atom. The summed E-state index contributed by atoms with van der Waals surface area (Å²) in [5.41, 5.74) is 8.38. The van der Waals surface area contributed by atoms with Crippen molar-refractivity contribution in [3.63, 3.8) is 0 Å². The molecule has 0 saturated heterocycles. The zero-order chi connectivity index (χ0) is 16.4. The Balaban J connectivity index is 2.48. The van der Waals surface area contributed by atoms with Gasteiger partial charge in [0.15, 0.2) is 0 Å². The van der Waals surface area contributed by atoms with E-state index < -0.39 is 0 Å². The van der Waals surface area contributed by atoms with Gasteiger partial charge in [0.25, 0.3) is 5.56 Å². The number of benzene rings is 2. The van der Waals surface area contributed by atoms with Gasteiger partial charge >= 0.3 is 0 Å². The number of nitrogens with two attached hydrogens (primary N) is 1. The van der Waals surface area contributed by atoms with Gasteiger partial charge in [-0.2, -0.15) is 0 Å². The van der Waals surface area contributed by atoms with Crippen LogP contribution in [0.3, 0.4) is 0 Å². The molecule has 0 fully saturated rings. The quantitative estimate of drug-likeness (QED) is 0.738. The van der Waals surface area contributed by atoms with Gasteiger partial charge in [-0.05, 0) is 43.5 Å². The predicted molar refractivity (Wildman–Crippen MR) is 94.7 cm³/mol. The summed E-state index contributed by atoms with van der Waals surface area (Å²) in [6.45, 7) is 3.65. The lowest BCUT2D eigenvalue weighted by molar-refractivity contribution is 0.734. The van der Waals surface area contributed by atoms with Crippen LogP contribution in [0.25, 0.3) is 16.5 Å². The van der Waals surface area contributed by atoms with Crippen molar-refractivity contribution < 1.29 is 0 Å². The molecular formula is C20H18N2O. The molecule has 1 aromatic heterocycles. The number of rotatable bonds is 2. The highest BCUT2D eigenvalue weighted by Crippen LogP contribution is 2.21. The van der Waals surface area contributed by atoms with Gasteiger partial charge in [0.05, 0.1) is 5.39 Å². The number of pyridine rings is 1. The Morgan fingerprint density at radius 3 is 2.48 bits per heavy atom. The number of para-hydroxylation sites is 1. The van der Waals surface area contributed by atoms with Crippen molar-refractivity contribution in [1.82, 2.24) is 4.57 Å². The number of fused-ring (bicyclic) bond motifs is 1. The maximum Gasteiger partial charge on any atom is 0.264 e. The first-order valence-electron chi connectivity index (χ1n) is 7.56. The fourth-order valence-electron chi connectivity index (χ4n) is 2.80. The first kappa shape index (κ1) is 15.1. The van der Waals surface area contributed by atoms with Crippen LogP contribution in [0.2, 0.25) is 0 Å². The largest absolute Gasteiger partial charge is 0.323 e. The molecule has 0 aliphatic carbocycles. The Bertz CT molecular complexity index is 973. The summed E-state index contributed by atoms with van der Waals surface area (Å²) in [7, 11) is 0. The molecule has 0 saturated carbocycles. The first-order chi connectivity index (χ1) is 11.1. The molecule has 114 valence electrons. The molecule has 1 unspecified atom stereocenters. The lowest BCUT2D eigenvalue weighted by Gasteiger charge is -2.17. The van der Waals surface area contributed by atoms with Crippen molar-refractivity contribution in [2.75, 3.05) is 0 Å². The molecule has 2 N–H and O–H groups in total. The summed E-state index contributed by atoms with van der Waals surface area (Å²) in [6, 6.07) is 17.0. The van der Waals surface area contributed by atoms with E-state index in [1.807, 2.05) is 61.5 Å². The molecule has 0 bridgehead atoms. The number of aromatic nitrogens is 1. The Morgan fingerprint density at radius 1 is 1.09 bits per heavy atom. The molecule has 3 heteroatoms. The van der Waals surface area contributed by atoms with Crippen LogP contribution in [0.5, 0.6) is 0 Å². The van der Waals surface area contributed by atoms with Gasteiger partial charge in [0, 0.05) is 23.0 Å². The maximum atomic E-state index is 13.2. The molecular weight excluding hydrogens is 284 g/mol. The number of hydrogen-bond acceptors (Lipinski definition) is 2. The van der Waals surface area contributed by atoms with E-state index >= 15 is 0 Å². The predicted octanol–water partition coefficient (Wildman–Crippen LogP) is 3.38. The van der Waals surface area contributed by atoms with Crippen LogP contribution < -0.4 is 11.3 Å². The van der Waals surface area contributed by atoms with Crippen LogP contribution in [0, 0.1) is 11.8 Å². The van der Waals surface area contributed by atoms with Gasteiger partial charge in [-0.3, -0.25) is 9.36 Å². The monoisotopic (exact) mass is 302 g/mol. The van der Waals surface area contributed by atoms with Crippen molar-refractivity contribution in [3.8, 4) is 17.5 Å². The van der Waals surface area contributed by atoms with Crippen molar-refractivity contribution >= 4 is 10.8 Å². The van der Waals surface area contributed by atoms with Crippen LogP contribution in [0.15, 0.2) is 59.4 Å². The van der Waals surface area contributed by atoms with Crippen molar-refractivity contribution in [3.05, 3.63) is 76.2 Å². The van der Waals surface area contributed by atoms with Gasteiger partial charge in [-0.1, -0.05) is 36.3 Å². The molecule has 0 spiro atoms. The third-order valence-corrected chi connectivity index (χ3v) is 3.82. The van der Waals surface area contributed by atoms with Crippen molar-refractivity contribution in [2.45, 2.75) is 19.9 Å². The fraction of sp³-hybridized carbons (Fsp3) is 0.150. The lowest BCUT2D eigenvalue weighted by atomic mass is 10.0. The third-order valence-electron chi connectivity index (χ3n) is 3.82. The molecule has 0 radical (unpaired) electrons. The molecule has 3 aromatic rings. The van der Waals surface area contributed by atoms with Gasteiger partial charge in [0.1, 0.15) is 0 Å². The molecule has 3 rings (SSSR count). The van der Waals surface area contributed by atoms with Crippen LogP contribution in [0.1, 0.15) is 31.1 Å². The molecule has 2 aromatic carbocycles. The number of nitrogens with zero attached hydrogens (tertiary/aromatic N) is 1. The van der Waals surface area contributed by atoms with Gasteiger partial charge < -0.3 is 5.73 Å². The van der Waals surface area contributed by atoms with E-state index in [9.17, 15) is 4.79 Å². The molecule has 23 heavy (non-hydrogen) atoms. The summed E-state index contributed by atoms with van der Waals surface area (Å²) in [5.74, 6) is 5.90. The minimum Gasteiger partial charge on any atom is -0.323 e. The highest BCUT2D eigenvalue weighted by molar-refractivity contribution is 5.88. The molecule has 0 amide bonds. The zero-order valence-corrected chi connectivity index (χ0v) is 13.2. The van der Waals surface area contributed by atoms with E-state index in [2.05, 4.69) is 11.8 Å². The Labute approximate surface area is 135 Å². The molecule has 1 heterocycles. The Kier molecular flexibility index (Phi) is 4.01. The summed E-state index contributed by atoms with van der Waals surface area (Å²) < 4.78 is 1.69. The zero-order valence-electron chi connectivity index (χ0n) is 13.2. The fourth-order valence-corrected chi connectivity index (χ4v) is 2.80. The van der Waals surface area contributed by atoms with Gasteiger partial charge in [0.2, 0.25) is 0 Å². The molecule has 0 aliphatic heterocycles. The summed E-state index contributed by atoms with van der Waals surface area (Å²) in [4.78, 5) is 13.2. The second-order valence-electron chi connectivity index (χ2n) is 5.48. The lowest BCUT2D eigenvalue weighted by Crippen LogP contribution is -2.26. The topological polar surface area (TPSA) is 48.0 Å². The first-order valence-corrected chi connectivity index (χ1v) is 7.56. The number of hydrogen-bond donors (Lipinski definition) is 1. The van der Waals surface area contributed by atoms with E-state index in [1.54, 1.807) is 11.5 Å². The summed E-state index contributed by atoms with van der Waals surface area (Å²) in [5, 5.41) is 1.50. The molecule has 1 atom stereocenters. The second-order valence-corrected chi connectivity index (χ2v) is 5.48. The summed E-state index contributed by atoms with van der Waals surface area (Å²) in [6.07, 6.45) is 0. The summed E-state index contributed by atoms with van der Waals surface area (Å²) >= 11 is 0. The van der Waals surface area contributed by atoms with Crippen LogP contribution in [-0.4, -0.2) is 4.57 Å². The highest BCUT2D eigenvalue weighted by Gasteiger charge is 2.15. The third kappa shape index (κ3) is 2.65. The minimum absolute atomic E-state index is 0.0839. The molecule has 0 aliphatic rings. The highest BCUT2D eigenvalue weighted by atomic mass is 16.1. The van der Waals surface area contributed by atoms with E-state index in [0.717, 1.165) is 22.3 Å². The van der Waals surface area contributed by atoms with Gasteiger partial charge in [-0.25, -0.2) is 0 Å². The van der Waals surface area contributed by atoms with E-state index in [-0.39, 0.29) is 11.6 Å². The van der Waals surface area contributed by atoms with E-state index in [1.165, 1.54) is 0 Å². The Hall–Kier alpha value is -2.83. The second kappa shape index (κ2) is 6.12. The average Bonchev–Trinajstić information content (AvgIpc) is 2.55.